The molecule has 2 heterocycles. The van der Waals surface area contributed by atoms with Crippen LogP contribution in [0.15, 0.2) is 59.6 Å². The lowest BCUT2D eigenvalue weighted by molar-refractivity contribution is -0.126. The van der Waals surface area contributed by atoms with E-state index >= 15 is 0 Å². The zero-order valence-corrected chi connectivity index (χ0v) is 14.6. The molecule has 1 saturated heterocycles. The third-order valence-electron chi connectivity index (χ3n) is 4.10. The van der Waals surface area contributed by atoms with Gasteiger partial charge < -0.3 is 9.80 Å². The SMILES string of the molecule is CSc1ccc(/C=C/C(=O)N2CCN(c3ccccn3)CC2)cc1. The van der Waals surface area contributed by atoms with Crippen molar-refractivity contribution in [1.29, 1.82) is 0 Å². The minimum Gasteiger partial charge on any atom is -0.353 e. The van der Waals surface area contributed by atoms with Gasteiger partial charge in [-0.15, -0.1) is 11.8 Å². The maximum absolute atomic E-state index is 12.3. The molecule has 4 nitrogen and oxygen atoms in total. The molecule has 2 aromatic rings. The molecule has 0 saturated carbocycles. The van der Waals surface area contributed by atoms with E-state index in [2.05, 4.69) is 28.3 Å². The average Bonchev–Trinajstić information content (AvgIpc) is 2.67. The summed E-state index contributed by atoms with van der Waals surface area (Å²) in [5.41, 5.74) is 1.05. The van der Waals surface area contributed by atoms with Crippen LogP contribution in [0.3, 0.4) is 0 Å². The highest BCUT2D eigenvalue weighted by atomic mass is 32.2. The van der Waals surface area contributed by atoms with Crippen molar-refractivity contribution in [1.82, 2.24) is 9.88 Å². The Labute approximate surface area is 147 Å². The van der Waals surface area contributed by atoms with Crippen LogP contribution in [-0.4, -0.2) is 48.2 Å². The first kappa shape index (κ1) is 16.6. The molecule has 24 heavy (non-hydrogen) atoms. The van der Waals surface area contributed by atoms with Crippen LogP contribution < -0.4 is 4.90 Å². The van der Waals surface area contributed by atoms with Gasteiger partial charge in [0.25, 0.3) is 0 Å². The molecule has 1 amide bonds. The van der Waals surface area contributed by atoms with Gasteiger partial charge in [-0.3, -0.25) is 4.79 Å². The van der Waals surface area contributed by atoms with Gasteiger partial charge >= 0.3 is 0 Å². The molecule has 1 aliphatic rings. The lowest BCUT2D eigenvalue weighted by atomic mass is 10.2. The fourth-order valence-corrected chi connectivity index (χ4v) is 3.09. The second kappa shape index (κ2) is 8.02. The van der Waals surface area contributed by atoms with Crippen molar-refractivity contribution in [3.05, 3.63) is 60.3 Å². The summed E-state index contributed by atoms with van der Waals surface area (Å²) in [4.78, 5) is 22.0. The van der Waals surface area contributed by atoms with Gasteiger partial charge in [0, 0.05) is 43.3 Å². The Balaban J connectivity index is 1.54. The molecule has 124 valence electrons. The fourth-order valence-electron chi connectivity index (χ4n) is 2.68. The predicted octanol–water partition coefficient (Wildman–Crippen LogP) is 3.17. The first-order valence-corrected chi connectivity index (χ1v) is 9.26. The summed E-state index contributed by atoms with van der Waals surface area (Å²) in [6.07, 6.45) is 7.42. The highest BCUT2D eigenvalue weighted by molar-refractivity contribution is 7.98. The number of nitrogens with zero attached hydrogens (tertiary/aromatic N) is 3. The maximum atomic E-state index is 12.3. The van der Waals surface area contributed by atoms with E-state index in [1.54, 1.807) is 24.0 Å². The highest BCUT2D eigenvalue weighted by Gasteiger charge is 2.20. The molecule has 0 bridgehead atoms. The first-order valence-electron chi connectivity index (χ1n) is 8.03. The number of anilines is 1. The largest absolute Gasteiger partial charge is 0.353 e. The Bertz CT molecular complexity index is 692. The van der Waals surface area contributed by atoms with Crippen molar-refractivity contribution in [3.63, 3.8) is 0 Å². The summed E-state index contributed by atoms with van der Waals surface area (Å²) in [5.74, 6) is 1.05. The molecule has 1 aromatic heterocycles. The monoisotopic (exact) mass is 339 g/mol. The van der Waals surface area contributed by atoms with E-state index in [0.717, 1.165) is 37.6 Å². The lowest BCUT2D eigenvalue weighted by Crippen LogP contribution is -2.48. The minimum absolute atomic E-state index is 0.0737. The predicted molar refractivity (Wildman–Crippen MR) is 100 cm³/mol. The van der Waals surface area contributed by atoms with Crippen molar-refractivity contribution in [2.45, 2.75) is 4.90 Å². The van der Waals surface area contributed by atoms with E-state index in [4.69, 9.17) is 0 Å². The quantitative estimate of drug-likeness (QED) is 0.633. The molecule has 1 aromatic carbocycles. The Kier molecular flexibility index (Phi) is 5.54. The van der Waals surface area contributed by atoms with Crippen molar-refractivity contribution >= 4 is 29.6 Å². The van der Waals surface area contributed by atoms with Crippen LogP contribution in [0.5, 0.6) is 0 Å². The van der Waals surface area contributed by atoms with E-state index in [1.165, 1.54) is 4.90 Å². The van der Waals surface area contributed by atoms with Gasteiger partial charge in [-0.05, 0) is 42.2 Å². The van der Waals surface area contributed by atoms with Gasteiger partial charge in [-0.2, -0.15) is 0 Å². The standard InChI is InChI=1S/C19H21N3OS/c1-24-17-8-5-16(6-9-17)7-10-19(23)22-14-12-21(13-15-22)18-4-2-3-11-20-18/h2-11H,12-15H2,1H3/b10-7+. The zero-order chi connectivity index (χ0) is 16.8. The van der Waals surface area contributed by atoms with E-state index in [-0.39, 0.29) is 5.91 Å². The summed E-state index contributed by atoms with van der Waals surface area (Å²) in [6, 6.07) is 14.1. The molecule has 1 aliphatic heterocycles. The average molecular weight is 339 g/mol. The van der Waals surface area contributed by atoms with Crippen LogP contribution in [0.4, 0.5) is 5.82 Å². The van der Waals surface area contributed by atoms with Gasteiger partial charge in [0.15, 0.2) is 0 Å². The van der Waals surface area contributed by atoms with Gasteiger partial charge in [-0.1, -0.05) is 18.2 Å². The fraction of sp³-hybridized carbons (Fsp3) is 0.263. The van der Waals surface area contributed by atoms with E-state index in [1.807, 2.05) is 41.3 Å². The molecule has 3 rings (SSSR count). The number of hydrogen-bond donors (Lipinski definition) is 0. The van der Waals surface area contributed by atoms with Gasteiger partial charge in [0.2, 0.25) is 5.91 Å². The number of piperazine rings is 1. The third kappa shape index (κ3) is 4.17. The van der Waals surface area contributed by atoms with Gasteiger partial charge in [-0.25, -0.2) is 4.98 Å². The van der Waals surface area contributed by atoms with E-state index < -0.39 is 0 Å². The second-order valence-electron chi connectivity index (χ2n) is 5.61. The summed E-state index contributed by atoms with van der Waals surface area (Å²) in [7, 11) is 0. The number of aromatic nitrogens is 1. The summed E-state index contributed by atoms with van der Waals surface area (Å²) in [5, 5.41) is 0. The number of carbonyl (C=O) groups excluding carboxylic acids is 1. The molecule has 0 atom stereocenters. The molecule has 5 heteroatoms. The molecule has 1 fully saturated rings. The highest BCUT2D eigenvalue weighted by Crippen LogP contribution is 2.16. The van der Waals surface area contributed by atoms with Gasteiger partial charge in [0.05, 0.1) is 0 Å². The van der Waals surface area contributed by atoms with E-state index in [0.29, 0.717) is 0 Å². The Morgan fingerprint density at radius 1 is 1.08 bits per heavy atom. The maximum Gasteiger partial charge on any atom is 0.246 e. The van der Waals surface area contributed by atoms with Crippen LogP contribution in [0.25, 0.3) is 6.08 Å². The molecular weight excluding hydrogens is 318 g/mol. The van der Waals surface area contributed by atoms with E-state index in [9.17, 15) is 4.79 Å². The van der Waals surface area contributed by atoms with Gasteiger partial charge in [0.1, 0.15) is 5.82 Å². The molecular formula is C19H21N3OS. The molecule has 0 aliphatic carbocycles. The molecule has 0 N–H and O–H groups in total. The zero-order valence-electron chi connectivity index (χ0n) is 13.8. The summed E-state index contributed by atoms with van der Waals surface area (Å²) in [6.45, 7) is 3.09. The van der Waals surface area contributed by atoms with Crippen molar-refractivity contribution in [2.75, 3.05) is 37.3 Å². The minimum atomic E-state index is 0.0737. The third-order valence-corrected chi connectivity index (χ3v) is 4.84. The Hall–Kier alpha value is -2.27. The molecule has 0 spiro atoms. The van der Waals surface area contributed by atoms with Crippen LogP contribution in [0.2, 0.25) is 0 Å². The van der Waals surface area contributed by atoms with Crippen LogP contribution in [0.1, 0.15) is 5.56 Å². The number of hydrogen-bond acceptors (Lipinski definition) is 4. The topological polar surface area (TPSA) is 36.4 Å². The van der Waals surface area contributed by atoms with Crippen molar-refractivity contribution in [3.8, 4) is 0 Å². The number of rotatable bonds is 4. The Morgan fingerprint density at radius 3 is 2.46 bits per heavy atom. The lowest BCUT2D eigenvalue weighted by Gasteiger charge is -2.34. The van der Waals surface area contributed by atoms with Crippen LogP contribution in [0, 0.1) is 0 Å². The van der Waals surface area contributed by atoms with Crippen molar-refractivity contribution < 1.29 is 4.79 Å². The van der Waals surface area contributed by atoms with Crippen molar-refractivity contribution in [2.24, 2.45) is 0 Å². The smallest absolute Gasteiger partial charge is 0.246 e. The molecule has 0 radical (unpaired) electrons. The molecule has 0 unspecified atom stereocenters. The summed E-state index contributed by atoms with van der Waals surface area (Å²) >= 11 is 1.71. The Morgan fingerprint density at radius 2 is 1.83 bits per heavy atom. The number of pyridine rings is 1. The van der Waals surface area contributed by atoms with Crippen LogP contribution in [-0.2, 0) is 4.79 Å². The normalized spacial score (nSPS) is 15.0. The number of benzene rings is 1. The summed E-state index contributed by atoms with van der Waals surface area (Å²) < 4.78 is 0. The number of carbonyl (C=O) groups is 1. The second-order valence-corrected chi connectivity index (χ2v) is 6.49. The number of thioether (sulfide) groups is 1. The first-order chi connectivity index (χ1) is 11.8. The number of amides is 1. The van der Waals surface area contributed by atoms with Crippen LogP contribution >= 0.6 is 11.8 Å².